The fraction of sp³-hybridized carbons (Fsp3) is 0.412. The maximum Gasteiger partial charge on any atom is 0.305 e. The fourth-order valence-electron chi connectivity index (χ4n) is 2.12. The third-order valence-corrected chi connectivity index (χ3v) is 5.14. The maximum absolute atomic E-state index is 11.6. The smallest absolute Gasteiger partial charge is 0.305 e. The third-order valence-electron chi connectivity index (χ3n) is 4.07. The highest BCUT2D eigenvalue weighted by molar-refractivity contribution is 8.15. The van der Waals surface area contributed by atoms with E-state index in [0.717, 1.165) is 23.7 Å². The molecule has 0 radical (unpaired) electrons. The molecule has 0 aromatic heterocycles. The Morgan fingerprint density at radius 1 is 1.38 bits per heavy atom. The zero-order chi connectivity index (χ0) is 17.7. The van der Waals surface area contributed by atoms with Gasteiger partial charge in [-0.3, -0.25) is 9.59 Å². The average molecular weight is 347 g/mol. The van der Waals surface area contributed by atoms with Crippen molar-refractivity contribution in [3.8, 4) is 0 Å². The molecule has 1 amide bonds. The van der Waals surface area contributed by atoms with Crippen molar-refractivity contribution in [2.75, 3.05) is 0 Å². The van der Waals surface area contributed by atoms with E-state index in [4.69, 9.17) is 5.11 Å². The summed E-state index contributed by atoms with van der Waals surface area (Å²) in [5.74, 6) is -1.36. The molecular weight excluding hydrogens is 326 g/mol. The van der Waals surface area contributed by atoms with Gasteiger partial charge in [-0.05, 0) is 23.0 Å². The maximum atomic E-state index is 11.6. The minimum atomic E-state index is -1.01. The molecule has 2 rings (SSSR count). The van der Waals surface area contributed by atoms with Crippen molar-refractivity contribution >= 4 is 35.0 Å². The van der Waals surface area contributed by atoms with Crippen LogP contribution in [0.3, 0.4) is 0 Å². The summed E-state index contributed by atoms with van der Waals surface area (Å²) < 4.78 is 0. The van der Waals surface area contributed by atoms with Gasteiger partial charge < -0.3 is 10.4 Å². The Morgan fingerprint density at radius 2 is 2.04 bits per heavy atom. The van der Waals surface area contributed by atoms with Crippen molar-refractivity contribution in [2.45, 2.75) is 44.3 Å². The Balaban J connectivity index is 1.99. The number of rotatable bonds is 6. The minimum absolute atomic E-state index is 0.139. The van der Waals surface area contributed by atoms with E-state index in [-0.39, 0.29) is 17.7 Å². The second-order valence-corrected chi connectivity index (χ2v) is 7.39. The molecule has 24 heavy (non-hydrogen) atoms. The van der Waals surface area contributed by atoms with Gasteiger partial charge in [0.05, 0.1) is 12.6 Å². The van der Waals surface area contributed by atoms with Gasteiger partial charge in [0.15, 0.2) is 5.17 Å². The molecule has 128 valence electrons. The van der Waals surface area contributed by atoms with Crippen LogP contribution in [0.25, 0.3) is 0 Å². The van der Waals surface area contributed by atoms with Crippen LogP contribution in [-0.2, 0) is 15.0 Å². The number of carbonyl (C=O) groups is 2. The van der Waals surface area contributed by atoms with Crippen LogP contribution in [-0.4, -0.2) is 33.6 Å². The molecule has 0 saturated carbocycles. The van der Waals surface area contributed by atoms with Crippen LogP contribution < -0.4 is 5.32 Å². The summed E-state index contributed by atoms with van der Waals surface area (Å²) in [6.45, 7) is 6.57. The largest absolute Gasteiger partial charge is 0.481 e. The lowest BCUT2D eigenvalue weighted by atomic mass is 9.82. The number of hydrogen-bond donors (Lipinski definition) is 2. The number of nitrogens with zero attached hydrogens (tertiary/aromatic N) is 2. The molecule has 1 aromatic carbocycles. The van der Waals surface area contributed by atoms with Crippen molar-refractivity contribution in [1.29, 1.82) is 0 Å². The molecule has 1 aliphatic rings. The molecule has 0 spiro atoms. The standard InChI is InChI=1S/C17H21N3O3S/c1-4-17(2,3)12-7-5-11(6-8-12)10-18-20-16-19-15(23)13(24-16)9-14(21)22/h5-8,10,13H,4,9H2,1-3H3,(H,21,22)(H,19,20,23)/b18-10+. The van der Waals surface area contributed by atoms with E-state index < -0.39 is 11.2 Å². The van der Waals surface area contributed by atoms with E-state index in [1.165, 1.54) is 5.56 Å². The first kappa shape index (κ1) is 18.2. The molecule has 1 aliphatic heterocycles. The number of nitrogens with one attached hydrogen (secondary N) is 1. The van der Waals surface area contributed by atoms with Crippen LogP contribution in [0.4, 0.5) is 0 Å². The normalized spacial score (nSPS) is 19.9. The number of benzene rings is 1. The number of carbonyl (C=O) groups excluding carboxylic acids is 1. The van der Waals surface area contributed by atoms with Crippen LogP contribution in [0.15, 0.2) is 34.5 Å². The van der Waals surface area contributed by atoms with Crippen molar-refractivity contribution in [3.63, 3.8) is 0 Å². The molecule has 1 aromatic rings. The Labute approximate surface area is 145 Å². The van der Waals surface area contributed by atoms with Gasteiger partial charge in [0.2, 0.25) is 5.91 Å². The number of hydrogen-bond acceptors (Lipinski definition) is 5. The molecule has 1 unspecified atom stereocenters. The van der Waals surface area contributed by atoms with Crippen molar-refractivity contribution in [2.24, 2.45) is 10.2 Å². The molecule has 1 saturated heterocycles. The molecular formula is C17H21N3O3S. The quantitative estimate of drug-likeness (QED) is 0.611. The van der Waals surface area contributed by atoms with E-state index in [1.807, 2.05) is 12.1 Å². The summed E-state index contributed by atoms with van der Waals surface area (Å²) in [5, 5.41) is 18.8. The molecule has 0 bridgehead atoms. The summed E-state index contributed by atoms with van der Waals surface area (Å²) in [7, 11) is 0. The Morgan fingerprint density at radius 3 is 2.62 bits per heavy atom. The zero-order valence-electron chi connectivity index (χ0n) is 13.9. The predicted molar refractivity (Wildman–Crippen MR) is 96.6 cm³/mol. The van der Waals surface area contributed by atoms with E-state index in [9.17, 15) is 9.59 Å². The third kappa shape index (κ3) is 4.67. The molecule has 7 heteroatoms. The highest BCUT2D eigenvalue weighted by Gasteiger charge is 2.32. The van der Waals surface area contributed by atoms with Gasteiger partial charge in [-0.2, -0.15) is 5.10 Å². The van der Waals surface area contributed by atoms with Crippen molar-refractivity contribution in [3.05, 3.63) is 35.4 Å². The summed E-state index contributed by atoms with van der Waals surface area (Å²) in [4.78, 5) is 22.2. The van der Waals surface area contributed by atoms with Gasteiger partial charge in [-0.15, -0.1) is 5.10 Å². The van der Waals surface area contributed by atoms with Crippen LogP contribution in [0.5, 0.6) is 0 Å². The van der Waals surface area contributed by atoms with Gasteiger partial charge >= 0.3 is 5.97 Å². The molecule has 1 fully saturated rings. The van der Waals surface area contributed by atoms with Gasteiger partial charge in [-0.1, -0.05) is 56.8 Å². The van der Waals surface area contributed by atoms with E-state index >= 15 is 0 Å². The fourth-order valence-corrected chi connectivity index (χ4v) is 3.03. The lowest BCUT2D eigenvalue weighted by Crippen LogP contribution is -2.26. The van der Waals surface area contributed by atoms with Gasteiger partial charge in [-0.25, -0.2) is 0 Å². The topological polar surface area (TPSA) is 91.1 Å². The Kier molecular flexibility index (Phi) is 5.77. The number of thioether (sulfide) groups is 1. The Hall–Kier alpha value is -2.15. The number of amides is 1. The minimum Gasteiger partial charge on any atom is -0.481 e. The van der Waals surface area contributed by atoms with E-state index in [0.29, 0.717) is 5.17 Å². The number of aliphatic carboxylic acids is 1. The number of carboxylic acid groups (broad SMARTS) is 1. The second kappa shape index (κ2) is 7.61. The lowest BCUT2D eigenvalue weighted by molar-refractivity contribution is -0.138. The predicted octanol–water partition coefficient (Wildman–Crippen LogP) is 2.77. The SMILES string of the molecule is CCC(C)(C)c1ccc(/C=N/N=C2\NC(=O)C(CC(=O)O)S2)cc1. The van der Waals surface area contributed by atoms with Crippen LogP contribution in [0, 0.1) is 0 Å². The van der Waals surface area contributed by atoms with Crippen LogP contribution in [0.1, 0.15) is 44.7 Å². The number of carboxylic acids is 1. The van der Waals surface area contributed by atoms with Gasteiger partial charge in [0, 0.05) is 0 Å². The Bertz CT molecular complexity index is 681. The van der Waals surface area contributed by atoms with Crippen molar-refractivity contribution in [1.82, 2.24) is 5.32 Å². The second-order valence-electron chi connectivity index (χ2n) is 6.20. The monoisotopic (exact) mass is 347 g/mol. The van der Waals surface area contributed by atoms with E-state index in [1.54, 1.807) is 6.21 Å². The zero-order valence-corrected chi connectivity index (χ0v) is 14.8. The summed E-state index contributed by atoms with van der Waals surface area (Å²) in [5.41, 5.74) is 2.31. The van der Waals surface area contributed by atoms with Crippen LogP contribution in [0.2, 0.25) is 0 Å². The summed E-state index contributed by atoms with van der Waals surface area (Å²) >= 11 is 1.09. The first-order chi connectivity index (χ1) is 11.3. The lowest BCUT2D eigenvalue weighted by Gasteiger charge is -2.23. The first-order valence-electron chi connectivity index (χ1n) is 7.72. The van der Waals surface area contributed by atoms with E-state index in [2.05, 4.69) is 48.4 Å². The highest BCUT2D eigenvalue weighted by atomic mass is 32.2. The van der Waals surface area contributed by atoms with Gasteiger partial charge in [0.25, 0.3) is 0 Å². The number of amidine groups is 1. The summed E-state index contributed by atoms with van der Waals surface area (Å²) in [6, 6.07) is 8.11. The molecule has 2 N–H and O–H groups in total. The van der Waals surface area contributed by atoms with Crippen molar-refractivity contribution < 1.29 is 14.7 Å². The van der Waals surface area contributed by atoms with Gasteiger partial charge in [0.1, 0.15) is 5.25 Å². The molecule has 1 atom stereocenters. The molecule has 6 nitrogen and oxygen atoms in total. The first-order valence-corrected chi connectivity index (χ1v) is 8.60. The highest BCUT2D eigenvalue weighted by Crippen LogP contribution is 2.26. The molecule has 1 heterocycles. The van der Waals surface area contributed by atoms with Crippen LogP contribution >= 0.6 is 11.8 Å². The average Bonchev–Trinajstić information content (AvgIpc) is 2.87. The summed E-state index contributed by atoms with van der Waals surface area (Å²) in [6.07, 6.45) is 2.43. The molecule has 0 aliphatic carbocycles.